The Hall–Kier alpha value is -4.44. The van der Waals surface area contributed by atoms with Gasteiger partial charge in [-0.3, -0.25) is 19.6 Å². The number of carbonyl (C=O) groups is 3. The lowest BCUT2D eigenvalue weighted by molar-refractivity contribution is -0.136. The summed E-state index contributed by atoms with van der Waals surface area (Å²) in [5.41, 5.74) is 3.85. The quantitative estimate of drug-likeness (QED) is 0.192. The van der Waals surface area contributed by atoms with Crippen LogP contribution in [0.25, 0.3) is 17.4 Å². The highest BCUT2D eigenvalue weighted by Crippen LogP contribution is 2.32. The van der Waals surface area contributed by atoms with E-state index in [1.54, 1.807) is 42.5 Å². The molecule has 1 heterocycles. The van der Waals surface area contributed by atoms with E-state index in [9.17, 15) is 14.4 Å². The maximum Gasteiger partial charge on any atom is 0.313 e. The Morgan fingerprint density at radius 3 is 2.72 bits per heavy atom. The van der Waals surface area contributed by atoms with E-state index in [4.69, 9.17) is 14.4 Å². The second kappa shape index (κ2) is 10.5. The average molecular weight is 436 g/mol. The molecule has 10 nitrogen and oxygen atoms in total. The van der Waals surface area contributed by atoms with Gasteiger partial charge in [-0.1, -0.05) is 18.2 Å². The number of anilines is 1. The Bertz CT molecular complexity index is 1140. The predicted molar refractivity (Wildman–Crippen MR) is 114 cm³/mol. The van der Waals surface area contributed by atoms with E-state index in [1.165, 1.54) is 31.3 Å². The minimum absolute atomic E-state index is 0.103. The topological polar surface area (TPSA) is 143 Å². The number of hydrogen-bond donors (Lipinski definition) is 4. The Labute approximate surface area is 182 Å². The molecule has 0 spiro atoms. The largest absolute Gasteiger partial charge is 0.496 e. The van der Waals surface area contributed by atoms with Gasteiger partial charge in [0.05, 0.1) is 18.9 Å². The number of nitrogens with zero attached hydrogens (tertiary/aromatic N) is 1. The average Bonchev–Trinajstić information content (AvgIpc) is 3.36. The number of benzene rings is 2. The monoisotopic (exact) mass is 436 g/mol. The molecule has 3 aromatic rings. The van der Waals surface area contributed by atoms with Crippen molar-refractivity contribution in [2.24, 2.45) is 0 Å². The first-order valence-corrected chi connectivity index (χ1v) is 9.37. The first kappa shape index (κ1) is 22.2. The Morgan fingerprint density at radius 1 is 1.16 bits per heavy atom. The van der Waals surface area contributed by atoms with Crippen LogP contribution in [0.3, 0.4) is 0 Å². The fourth-order valence-corrected chi connectivity index (χ4v) is 2.79. The van der Waals surface area contributed by atoms with Crippen LogP contribution in [0.4, 0.5) is 5.69 Å². The molecule has 0 saturated heterocycles. The van der Waals surface area contributed by atoms with Crippen LogP contribution in [0, 0.1) is 0 Å². The van der Waals surface area contributed by atoms with Crippen molar-refractivity contribution in [3.8, 4) is 17.1 Å². The lowest BCUT2D eigenvalue weighted by Gasteiger charge is -2.10. The van der Waals surface area contributed by atoms with Crippen molar-refractivity contribution in [3.05, 3.63) is 72.3 Å². The number of aromatic nitrogens is 1. The van der Waals surface area contributed by atoms with Crippen molar-refractivity contribution < 1.29 is 28.7 Å². The van der Waals surface area contributed by atoms with Crippen LogP contribution in [-0.4, -0.2) is 35.0 Å². The standard InChI is InChI=1S/C22H20N4O6/c1-31-18-7-6-16(10-17(18)19-12-23-13-32-19)25-22(29)21(28)24-11-15-4-2-3-14(9-15)5-8-20(27)26-30/h2-10,12-13,30H,11H2,1H3,(H,24,28)(H,25,29)(H,26,27)/b8-5+. The fourth-order valence-electron chi connectivity index (χ4n) is 2.79. The second-order valence-electron chi connectivity index (χ2n) is 6.47. The third-order valence-electron chi connectivity index (χ3n) is 4.30. The van der Waals surface area contributed by atoms with Crippen molar-refractivity contribution >= 4 is 29.5 Å². The molecule has 164 valence electrons. The summed E-state index contributed by atoms with van der Waals surface area (Å²) in [6.07, 6.45) is 5.45. The number of hydrogen-bond acceptors (Lipinski definition) is 7. The SMILES string of the molecule is COc1ccc(NC(=O)C(=O)NCc2cccc(/C=C/C(=O)NO)c2)cc1-c1cnco1. The third kappa shape index (κ3) is 5.80. The number of rotatable bonds is 7. The molecule has 10 heteroatoms. The highest BCUT2D eigenvalue weighted by atomic mass is 16.5. The number of nitrogens with one attached hydrogen (secondary N) is 3. The molecule has 0 atom stereocenters. The van der Waals surface area contributed by atoms with Crippen LogP contribution in [0.1, 0.15) is 11.1 Å². The highest BCUT2D eigenvalue weighted by molar-refractivity contribution is 6.39. The molecule has 2 aromatic carbocycles. The molecule has 0 radical (unpaired) electrons. The molecule has 0 aliphatic rings. The first-order valence-electron chi connectivity index (χ1n) is 9.37. The van der Waals surface area contributed by atoms with Gasteiger partial charge < -0.3 is 19.8 Å². The fraction of sp³-hybridized carbons (Fsp3) is 0.0909. The van der Waals surface area contributed by atoms with Gasteiger partial charge in [0.25, 0.3) is 5.91 Å². The molecule has 0 aliphatic heterocycles. The zero-order valence-electron chi connectivity index (χ0n) is 17.0. The van der Waals surface area contributed by atoms with Gasteiger partial charge in [-0.15, -0.1) is 0 Å². The maximum absolute atomic E-state index is 12.3. The van der Waals surface area contributed by atoms with Crippen LogP contribution in [0.2, 0.25) is 0 Å². The van der Waals surface area contributed by atoms with Crippen molar-refractivity contribution in [1.82, 2.24) is 15.8 Å². The summed E-state index contributed by atoms with van der Waals surface area (Å²) in [4.78, 5) is 39.5. The second-order valence-corrected chi connectivity index (χ2v) is 6.47. The summed E-state index contributed by atoms with van der Waals surface area (Å²) in [6.45, 7) is 0.103. The first-order chi connectivity index (χ1) is 15.5. The van der Waals surface area contributed by atoms with Gasteiger partial charge in [-0.05, 0) is 41.5 Å². The molecule has 1 aromatic heterocycles. The van der Waals surface area contributed by atoms with Crippen molar-refractivity contribution in [2.75, 3.05) is 12.4 Å². The van der Waals surface area contributed by atoms with Crippen LogP contribution in [0.15, 0.2) is 65.5 Å². The molecule has 32 heavy (non-hydrogen) atoms. The summed E-state index contributed by atoms with van der Waals surface area (Å²) in [6, 6.07) is 11.8. The Kier molecular flexibility index (Phi) is 7.33. The van der Waals surface area contributed by atoms with Gasteiger partial charge in [0.1, 0.15) is 5.75 Å². The Morgan fingerprint density at radius 2 is 2.00 bits per heavy atom. The molecule has 0 saturated carbocycles. The van der Waals surface area contributed by atoms with E-state index in [-0.39, 0.29) is 6.54 Å². The zero-order valence-corrected chi connectivity index (χ0v) is 17.0. The summed E-state index contributed by atoms with van der Waals surface area (Å²) in [5.74, 6) is -1.34. The minimum atomic E-state index is -0.839. The summed E-state index contributed by atoms with van der Waals surface area (Å²) < 4.78 is 10.6. The van der Waals surface area contributed by atoms with E-state index < -0.39 is 17.7 Å². The number of hydroxylamine groups is 1. The molecule has 0 bridgehead atoms. The predicted octanol–water partition coefficient (Wildman–Crippen LogP) is 2.12. The van der Waals surface area contributed by atoms with Gasteiger partial charge in [-0.25, -0.2) is 10.5 Å². The van der Waals surface area contributed by atoms with E-state index in [2.05, 4.69) is 15.6 Å². The number of carbonyl (C=O) groups excluding carboxylic acids is 3. The molecule has 4 N–H and O–H groups in total. The van der Waals surface area contributed by atoms with E-state index in [0.29, 0.717) is 28.3 Å². The zero-order chi connectivity index (χ0) is 22.9. The van der Waals surface area contributed by atoms with Gasteiger partial charge in [0.15, 0.2) is 12.2 Å². The molecule has 0 unspecified atom stereocenters. The van der Waals surface area contributed by atoms with Crippen molar-refractivity contribution in [2.45, 2.75) is 6.54 Å². The minimum Gasteiger partial charge on any atom is -0.496 e. The van der Waals surface area contributed by atoms with Crippen LogP contribution in [-0.2, 0) is 20.9 Å². The van der Waals surface area contributed by atoms with Gasteiger partial charge in [-0.2, -0.15) is 0 Å². The van der Waals surface area contributed by atoms with E-state index >= 15 is 0 Å². The number of amides is 3. The molecule has 3 amide bonds. The summed E-state index contributed by atoms with van der Waals surface area (Å²) in [5, 5.41) is 13.6. The number of methoxy groups -OCH3 is 1. The van der Waals surface area contributed by atoms with E-state index in [0.717, 1.165) is 11.6 Å². The van der Waals surface area contributed by atoms with E-state index in [1.807, 2.05) is 0 Å². The van der Waals surface area contributed by atoms with Crippen molar-refractivity contribution in [1.29, 1.82) is 0 Å². The molecule has 0 aliphatic carbocycles. The highest BCUT2D eigenvalue weighted by Gasteiger charge is 2.16. The van der Waals surface area contributed by atoms with Crippen LogP contribution >= 0.6 is 0 Å². The smallest absolute Gasteiger partial charge is 0.313 e. The maximum atomic E-state index is 12.3. The normalized spacial score (nSPS) is 10.6. The number of oxazole rings is 1. The summed E-state index contributed by atoms with van der Waals surface area (Å²) >= 11 is 0. The molecule has 0 fully saturated rings. The molecular weight excluding hydrogens is 416 g/mol. The van der Waals surface area contributed by atoms with Crippen LogP contribution in [0.5, 0.6) is 5.75 Å². The lowest BCUT2D eigenvalue weighted by atomic mass is 10.1. The lowest BCUT2D eigenvalue weighted by Crippen LogP contribution is -2.34. The van der Waals surface area contributed by atoms with Gasteiger partial charge >= 0.3 is 11.8 Å². The van der Waals surface area contributed by atoms with Crippen LogP contribution < -0.4 is 20.9 Å². The molecular formula is C22H20N4O6. The van der Waals surface area contributed by atoms with Crippen molar-refractivity contribution in [3.63, 3.8) is 0 Å². The molecule has 3 rings (SSSR count). The third-order valence-corrected chi connectivity index (χ3v) is 4.30. The Balaban J connectivity index is 1.61. The van der Waals surface area contributed by atoms with Gasteiger partial charge in [0, 0.05) is 18.3 Å². The number of ether oxygens (including phenoxy) is 1. The van der Waals surface area contributed by atoms with Gasteiger partial charge in [0.2, 0.25) is 0 Å². The summed E-state index contributed by atoms with van der Waals surface area (Å²) in [7, 11) is 1.51.